The molecular weight excluding hydrogens is 230 g/mol. The zero-order chi connectivity index (χ0) is 13.4. The van der Waals surface area contributed by atoms with Crippen LogP contribution < -0.4 is 4.74 Å². The average molecular weight is 251 g/mol. The Kier molecular flexibility index (Phi) is 6.22. The fourth-order valence-electron chi connectivity index (χ4n) is 1.41. The summed E-state index contributed by atoms with van der Waals surface area (Å²) >= 11 is 0. The van der Waals surface area contributed by atoms with Crippen LogP contribution in [-0.2, 0) is 11.2 Å². The van der Waals surface area contributed by atoms with Gasteiger partial charge < -0.3 is 14.7 Å². The summed E-state index contributed by atoms with van der Waals surface area (Å²) in [5.74, 6) is 0.843. The highest BCUT2D eigenvalue weighted by Gasteiger charge is 2.01. The van der Waals surface area contributed by atoms with Gasteiger partial charge in [0.15, 0.2) is 0 Å². The largest absolute Gasteiger partial charge is 0.491 e. The van der Waals surface area contributed by atoms with Crippen LogP contribution in [0.2, 0.25) is 0 Å². The lowest BCUT2D eigenvalue weighted by molar-refractivity contribution is 0.0716. The molecule has 1 atom stereocenters. The van der Waals surface area contributed by atoms with Crippen LogP contribution in [0.3, 0.4) is 0 Å². The lowest BCUT2D eigenvalue weighted by Gasteiger charge is -2.11. The first kappa shape index (κ1) is 14.5. The molecule has 1 N–H and O–H groups in total. The van der Waals surface area contributed by atoms with Gasteiger partial charge in [-0.05, 0) is 44.4 Å². The maximum absolute atomic E-state index is 8.56. The number of aryl methyl sites for hydroxylation is 1. The number of hydrogen-bond donors (Lipinski definition) is 1. The second-order valence-electron chi connectivity index (χ2n) is 4.34. The monoisotopic (exact) mass is 251 g/mol. The van der Waals surface area contributed by atoms with Gasteiger partial charge in [0.25, 0.3) is 0 Å². The molecule has 0 spiro atoms. The molecule has 0 bridgehead atoms. The molecule has 0 aliphatic heterocycles. The molecule has 0 saturated carbocycles. The van der Waals surface area contributed by atoms with Crippen LogP contribution in [0.5, 0.6) is 5.75 Å². The fourth-order valence-corrected chi connectivity index (χ4v) is 1.41. The van der Waals surface area contributed by atoms with E-state index in [4.69, 9.17) is 14.7 Å². The molecule has 4 heteroatoms. The van der Waals surface area contributed by atoms with Crippen LogP contribution in [0.4, 0.5) is 0 Å². The van der Waals surface area contributed by atoms with Crippen molar-refractivity contribution in [2.75, 3.05) is 13.7 Å². The van der Waals surface area contributed by atoms with E-state index in [2.05, 4.69) is 5.16 Å². The molecule has 0 aliphatic carbocycles. The molecule has 1 aromatic carbocycles. The summed E-state index contributed by atoms with van der Waals surface area (Å²) in [6.45, 7) is 4.32. The number of rotatable bonds is 7. The van der Waals surface area contributed by atoms with E-state index in [1.54, 1.807) is 7.11 Å². The van der Waals surface area contributed by atoms with Gasteiger partial charge in [-0.25, -0.2) is 0 Å². The van der Waals surface area contributed by atoms with Crippen molar-refractivity contribution in [2.24, 2.45) is 5.16 Å². The number of methoxy groups -OCH3 is 1. The summed E-state index contributed by atoms with van der Waals surface area (Å²) in [6, 6.07) is 7.95. The highest BCUT2D eigenvalue weighted by atomic mass is 16.5. The van der Waals surface area contributed by atoms with Crippen molar-refractivity contribution in [1.82, 2.24) is 0 Å². The van der Waals surface area contributed by atoms with Crippen molar-refractivity contribution in [3.8, 4) is 5.75 Å². The molecule has 0 saturated heterocycles. The highest BCUT2D eigenvalue weighted by Crippen LogP contribution is 2.14. The molecule has 18 heavy (non-hydrogen) atoms. The minimum absolute atomic E-state index is 0.0908. The van der Waals surface area contributed by atoms with Crippen molar-refractivity contribution in [2.45, 2.75) is 32.8 Å². The molecule has 1 aromatic rings. The van der Waals surface area contributed by atoms with Gasteiger partial charge in [0, 0.05) is 7.11 Å². The minimum Gasteiger partial charge on any atom is -0.491 e. The number of ether oxygens (including phenoxy) is 2. The molecular formula is C14H21NO3. The summed E-state index contributed by atoms with van der Waals surface area (Å²) in [4.78, 5) is 0. The zero-order valence-electron chi connectivity index (χ0n) is 11.2. The molecule has 0 aliphatic rings. The summed E-state index contributed by atoms with van der Waals surface area (Å²) in [6.07, 6.45) is 1.72. The normalized spacial score (nSPS) is 13.4. The maximum atomic E-state index is 8.56. The standard InChI is InChI=1S/C14H21NO3/c1-11(15-16)4-5-13-6-8-14(9-7-13)18-10-12(2)17-3/h6-9,12,16H,4-5,10H2,1-3H3/b15-11+. The van der Waals surface area contributed by atoms with Crippen LogP contribution in [0.15, 0.2) is 29.4 Å². The van der Waals surface area contributed by atoms with E-state index in [1.165, 1.54) is 5.56 Å². The number of nitrogens with zero attached hydrogens (tertiary/aromatic N) is 1. The Hall–Kier alpha value is -1.55. The number of benzene rings is 1. The minimum atomic E-state index is 0.0908. The second kappa shape index (κ2) is 7.71. The van der Waals surface area contributed by atoms with Crippen LogP contribution in [0.1, 0.15) is 25.8 Å². The Bertz CT molecular complexity index is 373. The molecule has 1 rings (SSSR count). The Morgan fingerprint density at radius 3 is 2.56 bits per heavy atom. The summed E-state index contributed by atoms with van der Waals surface area (Å²) in [7, 11) is 1.67. The van der Waals surface area contributed by atoms with Crippen molar-refractivity contribution < 1.29 is 14.7 Å². The van der Waals surface area contributed by atoms with Crippen molar-refractivity contribution >= 4 is 5.71 Å². The van der Waals surface area contributed by atoms with E-state index in [-0.39, 0.29) is 6.10 Å². The van der Waals surface area contributed by atoms with Gasteiger partial charge in [0.05, 0.1) is 11.8 Å². The third kappa shape index (κ3) is 5.19. The lowest BCUT2D eigenvalue weighted by Crippen LogP contribution is -2.15. The number of oxime groups is 1. The van der Waals surface area contributed by atoms with Crippen molar-refractivity contribution in [3.05, 3.63) is 29.8 Å². The maximum Gasteiger partial charge on any atom is 0.119 e. The topological polar surface area (TPSA) is 51.0 Å². The quantitative estimate of drug-likeness (QED) is 0.460. The third-order valence-electron chi connectivity index (χ3n) is 2.76. The van der Waals surface area contributed by atoms with E-state index in [9.17, 15) is 0 Å². The first-order valence-electron chi connectivity index (χ1n) is 6.07. The summed E-state index contributed by atoms with van der Waals surface area (Å²) in [5.41, 5.74) is 1.94. The van der Waals surface area contributed by atoms with Crippen LogP contribution in [0.25, 0.3) is 0 Å². The Morgan fingerprint density at radius 1 is 1.33 bits per heavy atom. The zero-order valence-corrected chi connectivity index (χ0v) is 11.2. The van der Waals surface area contributed by atoms with E-state index < -0.39 is 0 Å². The van der Waals surface area contributed by atoms with Gasteiger partial charge in [0.1, 0.15) is 12.4 Å². The molecule has 0 aromatic heterocycles. The first-order valence-corrected chi connectivity index (χ1v) is 6.07. The van der Waals surface area contributed by atoms with E-state index in [1.807, 2.05) is 38.1 Å². The van der Waals surface area contributed by atoms with Gasteiger partial charge in [0.2, 0.25) is 0 Å². The van der Waals surface area contributed by atoms with Crippen LogP contribution in [0, 0.1) is 0 Å². The fraction of sp³-hybridized carbons (Fsp3) is 0.500. The van der Waals surface area contributed by atoms with Gasteiger partial charge in [-0.15, -0.1) is 0 Å². The van der Waals surface area contributed by atoms with Crippen LogP contribution in [-0.4, -0.2) is 30.7 Å². The Morgan fingerprint density at radius 2 is 2.00 bits per heavy atom. The van der Waals surface area contributed by atoms with Gasteiger partial charge in [-0.2, -0.15) is 0 Å². The molecule has 0 fully saturated rings. The predicted octanol–water partition coefficient (Wildman–Crippen LogP) is 2.88. The summed E-state index contributed by atoms with van der Waals surface area (Å²) < 4.78 is 10.7. The van der Waals surface area contributed by atoms with Gasteiger partial charge in [-0.3, -0.25) is 0 Å². The van der Waals surface area contributed by atoms with Gasteiger partial charge in [-0.1, -0.05) is 17.3 Å². The average Bonchev–Trinajstić information content (AvgIpc) is 2.43. The van der Waals surface area contributed by atoms with E-state index >= 15 is 0 Å². The Balaban J connectivity index is 2.42. The molecule has 0 heterocycles. The second-order valence-corrected chi connectivity index (χ2v) is 4.34. The molecule has 1 unspecified atom stereocenters. The van der Waals surface area contributed by atoms with E-state index in [0.29, 0.717) is 6.61 Å². The SMILES string of the molecule is COC(C)COc1ccc(CC/C(C)=N/O)cc1. The molecule has 0 amide bonds. The smallest absolute Gasteiger partial charge is 0.119 e. The van der Waals surface area contributed by atoms with Crippen molar-refractivity contribution in [3.63, 3.8) is 0 Å². The summed E-state index contributed by atoms with van der Waals surface area (Å²) in [5, 5.41) is 11.7. The molecule has 100 valence electrons. The Labute approximate surface area is 108 Å². The predicted molar refractivity (Wildman–Crippen MR) is 71.6 cm³/mol. The van der Waals surface area contributed by atoms with Gasteiger partial charge >= 0.3 is 0 Å². The van der Waals surface area contributed by atoms with E-state index in [0.717, 1.165) is 24.3 Å². The lowest BCUT2D eigenvalue weighted by atomic mass is 10.1. The van der Waals surface area contributed by atoms with Crippen molar-refractivity contribution in [1.29, 1.82) is 0 Å². The number of hydrogen-bond acceptors (Lipinski definition) is 4. The molecule has 4 nitrogen and oxygen atoms in total. The first-order chi connectivity index (χ1) is 8.65. The van der Waals surface area contributed by atoms with Crippen LogP contribution >= 0.6 is 0 Å². The third-order valence-corrected chi connectivity index (χ3v) is 2.76. The highest BCUT2D eigenvalue weighted by molar-refractivity contribution is 5.81. The molecule has 0 radical (unpaired) electrons.